The maximum Gasteiger partial charge on any atom is 0.126 e. The van der Waals surface area contributed by atoms with Gasteiger partial charge in [-0.25, -0.2) is 0 Å². The number of benzene rings is 1. The molecule has 6 heteroatoms. The van der Waals surface area contributed by atoms with Crippen molar-refractivity contribution in [2.24, 2.45) is 0 Å². The summed E-state index contributed by atoms with van der Waals surface area (Å²) in [6.07, 6.45) is -0.748. The molecule has 1 atom stereocenters. The summed E-state index contributed by atoms with van der Waals surface area (Å²) >= 11 is 14.0. The van der Waals surface area contributed by atoms with Gasteiger partial charge < -0.3 is 9.84 Å². The molecule has 0 saturated heterocycles. The molecule has 0 bridgehead atoms. The highest BCUT2D eigenvalue weighted by molar-refractivity contribution is 9.10. The molecule has 0 saturated carbocycles. The highest BCUT2D eigenvalue weighted by atomic mass is 79.9. The van der Waals surface area contributed by atoms with E-state index in [9.17, 15) is 5.11 Å². The summed E-state index contributed by atoms with van der Waals surface area (Å²) in [5, 5.41) is 10.4. The summed E-state index contributed by atoms with van der Waals surface area (Å²) in [5.41, 5.74) is 0.714. The van der Waals surface area contributed by atoms with Crippen molar-refractivity contribution in [2.75, 3.05) is 7.11 Å². The maximum absolute atomic E-state index is 10.4. The highest BCUT2D eigenvalue weighted by Gasteiger charge is 2.19. The normalized spacial score (nSPS) is 12.5. The standard InChI is InChI=1S/C12H9Br2ClO2S/c1-17-9-4-6(13)2-3-7(9)11(16)10-5-8(14)12(15)18-10/h2-5,11,16H,1H3. The Kier molecular flexibility index (Phi) is 4.72. The molecule has 2 nitrogen and oxygen atoms in total. The topological polar surface area (TPSA) is 29.5 Å². The van der Waals surface area contributed by atoms with Gasteiger partial charge >= 0.3 is 0 Å². The van der Waals surface area contributed by atoms with E-state index in [1.54, 1.807) is 7.11 Å². The lowest BCUT2D eigenvalue weighted by atomic mass is 10.1. The number of aliphatic hydroxyl groups is 1. The minimum Gasteiger partial charge on any atom is -0.496 e. The van der Waals surface area contributed by atoms with Gasteiger partial charge in [0.15, 0.2) is 0 Å². The molecule has 0 aliphatic carbocycles. The molecule has 0 fully saturated rings. The second-order valence-electron chi connectivity index (χ2n) is 3.56. The average Bonchev–Trinajstić information content (AvgIpc) is 2.68. The number of halogens is 3. The maximum atomic E-state index is 10.4. The fourth-order valence-electron chi connectivity index (χ4n) is 1.56. The van der Waals surface area contributed by atoms with Crippen LogP contribution in [-0.4, -0.2) is 12.2 Å². The smallest absolute Gasteiger partial charge is 0.126 e. The summed E-state index contributed by atoms with van der Waals surface area (Å²) in [4.78, 5) is 0.771. The number of hydrogen-bond donors (Lipinski definition) is 1. The van der Waals surface area contributed by atoms with E-state index in [-0.39, 0.29) is 0 Å². The summed E-state index contributed by atoms with van der Waals surface area (Å²) in [7, 11) is 1.58. The third kappa shape index (κ3) is 2.91. The van der Waals surface area contributed by atoms with E-state index in [1.165, 1.54) is 11.3 Å². The first kappa shape index (κ1) is 14.3. The Morgan fingerprint density at radius 3 is 2.61 bits per heavy atom. The van der Waals surface area contributed by atoms with E-state index >= 15 is 0 Å². The first-order valence-corrected chi connectivity index (χ1v) is 7.77. The molecule has 1 aromatic heterocycles. The minimum atomic E-state index is -0.748. The number of thiophene rings is 1. The van der Waals surface area contributed by atoms with Crippen LogP contribution in [0.15, 0.2) is 33.2 Å². The molecule has 96 valence electrons. The Balaban J connectivity index is 2.42. The Morgan fingerprint density at radius 1 is 1.33 bits per heavy atom. The Morgan fingerprint density at radius 2 is 2.06 bits per heavy atom. The quantitative estimate of drug-likeness (QED) is 0.767. The molecule has 0 aliphatic heterocycles. The van der Waals surface area contributed by atoms with Gasteiger partial charge in [-0.3, -0.25) is 0 Å². The van der Waals surface area contributed by atoms with Crippen molar-refractivity contribution in [1.29, 1.82) is 0 Å². The summed E-state index contributed by atoms with van der Waals surface area (Å²) < 4.78 is 7.60. The molecule has 1 heterocycles. The third-order valence-corrected chi connectivity index (χ3v) is 5.44. The van der Waals surface area contributed by atoms with Crippen LogP contribution >= 0.6 is 54.8 Å². The lowest BCUT2D eigenvalue weighted by molar-refractivity contribution is 0.218. The second kappa shape index (κ2) is 5.92. The second-order valence-corrected chi connectivity index (χ2v) is 7.02. The molecule has 1 N–H and O–H groups in total. The molecule has 1 aromatic carbocycles. The Bertz CT molecular complexity index is 552. The number of hydrogen-bond acceptors (Lipinski definition) is 3. The molecule has 0 amide bonds. The number of ether oxygens (including phenoxy) is 1. The average molecular weight is 413 g/mol. The van der Waals surface area contributed by atoms with Gasteiger partial charge in [-0.1, -0.05) is 33.6 Å². The lowest BCUT2D eigenvalue weighted by Crippen LogP contribution is -2.00. The zero-order valence-corrected chi connectivity index (χ0v) is 14.0. The molecule has 0 radical (unpaired) electrons. The summed E-state index contributed by atoms with van der Waals surface area (Å²) in [5.74, 6) is 0.637. The van der Waals surface area contributed by atoms with Crippen LogP contribution in [0.5, 0.6) is 5.75 Å². The number of aliphatic hydroxyl groups excluding tert-OH is 1. The van der Waals surface area contributed by atoms with Crippen LogP contribution < -0.4 is 4.74 Å². The lowest BCUT2D eigenvalue weighted by Gasteiger charge is -2.13. The van der Waals surface area contributed by atoms with E-state index < -0.39 is 6.10 Å². The first-order chi connectivity index (χ1) is 8.52. The monoisotopic (exact) mass is 410 g/mol. The van der Waals surface area contributed by atoms with Crippen LogP contribution in [0.1, 0.15) is 16.5 Å². The van der Waals surface area contributed by atoms with Gasteiger partial charge in [-0.15, -0.1) is 11.3 Å². The van der Waals surface area contributed by atoms with Gasteiger partial charge in [0.1, 0.15) is 16.2 Å². The Labute approximate surface area is 131 Å². The van der Waals surface area contributed by atoms with Crippen molar-refractivity contribution < 1.29 is 9.84 Å². The molecule has 18 heavy (non-hydrogen) atoms. The van der Waals surface area contributed by atoms with E-state index in [0.29, 0.717) is 15.6 Å². The first-order valence-electron chi connectivity index (χ1n) is 4.99. The van der Waals surface area contributed by atoms with Crippen molar-refractivity contribution >= 4 is 54.8 Å². The van der Waals surface area contributed by atoms with Crippen LogP contribution in [-0.2, 0) is 0 Å². The third-order valence-electron chi connectivity index (χ3n) is 2.42. The minimum absolute atomic E-state index is 0.625. The van der Waals surface area contributed by atoms with Gasteiger partial charge in [0.25, 0.3) is 0 Å². The van der Waals surface area contributed by atoms with Crippen molar-refractivity contribution in [3.8, 4) is 5.75 Å². The van der Waals surface area contributed by atoms with Crippen molar-refractivity contribution in [1.82, 2.24) is 0 Å². The van der Waals surface area contributed by atoms with Crippen LogP contribution in [0.2, 0.25) is 4.34 Å². The summed E-state index contributed by atoms with van der Waals surface area (Å²) in [6.45, 7) is 0. The highest BCUT2D eigenvalue weighted by Crippen LogP contribution is 2.40. The van der Waals surface area contributed by atoms with Crippen LogP contribution in [0.3, 0.4) is 0 Å². The predicted octanol–water partition coefficient (Wildman–Crippen LogP) is 5.02. The van der Waals surface area contributed by atoms with Gasteiger partial charge in [0, 0.05) is 19.4 Å². The van der Waals surface area contributed by atoms with Crippen LogP contribution in [0.25, 0.3) is 0 Å². The molecular formula is C12H9Br2ClO2S. The van der Waals surface area contributed by atoms with E-state index in [1.807, 2.05) is 24.3 Å². The molecule has 0 aliphatic rings. The van der Waals surface area contributed by atoms with Crippen LogP contribution in [0, 0.1) is 0 Å². The van der Waals surface area contributed by atoms with E-state index in [2.05, 4.69) is 31.9 Å². The zero-order chi connectivity index (χ0) is 13.3. The van der Waals surface area contributed by atoms with Crippen LogP contribution in [0.4, 0.5) is 0 Å². The van der Waals surface area contributed by atoms with E-state index in [0.717, 1.165) is 13.8 Å². The molecule has 2 aromatic rings. The number of methoxy groups -OCH3 is 1. The van der Waals surface area contributed by atoms with Crippen molar-refractivity contribution in [3.63, 3.8) is 0 Å². The van der Waals surface area contributed by atoms with Gasteiger partial charge in [0.05, 0.1) is 7.11 Å². The largest absolute Gasteiger partial charge is 0.496 e. The zero-order valence-electron chi connectivity index (χ0n) is 9.28. The fraction of sp³-hybridized carbons (Fsp3) is 0.167. The van der Waals surface area contributed by atoms with E-state index in [4.69, 9.17) is 16.3 Å². The van der Waals surface area contributed by atoms with Crippen molar-refractivity contribution in [2.45, 2.75) is 6.10 Å². The van der Waals surface area contributed by atoms with Gasteiger partial charge in [-0.2, -0.15) is 0 Å². The van der Waals surface area contributed by atoms with Crippen molar-refractivity contribution in [3.05, 3.63) is 48.0 Å². The number of rotatable bonds is 3. The van der Waals surface area contributed by atoms with Gasteiger partial charge in [-0.05, 0) is 34.1 Å². The predicted molar refractivity (Wildman–Crippen MR) is 81.8 cm³/mol. The molecule has 0 spiro atoms. The Hall–Kier alpha value is -0.0700. The van der Waals surface area contributed by atoms with Gasteiger partial charge in [0.2, 0.25) is 0 Å². The molecule has 2 rings (SSSR count). The molecule has 1 unspecified atom stereocenters. The SMILES string of the molecule is COc1cc(Br)ccc1C(O)c1cc(Br)c(Cl)s1. The summed E-state index contributed by atoms with van der Waals surface area (Å²) in [6, 6.07) is 7.34. The molecular weight excluding hydrogens is 403 g/mol. The fourth-order valence-corrected chi connectivity index (χ4v) is 3.64.